The molecule has 0 aliphatic carbocycles. The average Bonchev–Trinajstić information content (AvgIpc) is 3.30. The average molecular weight is 460 g/mol. The van der Waals surface area contributed by atoms with Crippen LogP contribution in [0.5, 0.6) is 0 Å². The van der Waals surface area contributed by atoms with Gasteiger partial charge in [-0.15, -0.1) is 0 Å². The van der Waals surface area contributed by atoms with Crippen LogP contribution in [0.25, 0.3) is 10.8 Å². The first-order chi connectivity index (χ1) is 14.9. The maximum absolute atomic E-state index is 12.8. The van der Waals surface area contributed by atoms with E-state index in [2.05, 4.69) is 9.97 Å². The predicted octanol–water partition coefficient (Wildman–Crippen LogP) is 4.25. The molecule has 1 aliphatic rings. The number of amides is 1. The third-order valence-electron chi connectivity index (χ3n) is 6.05. The lowest BCUT2D eigenvalue weighted by atomic mass is 9.91. The monoisotopic (exact) mass is 459 g/mol. The van der Waals surface area contributed by atoms with Gasteiger partial charge in [0.1, 0.15) is 0 Å². The van der Waals surface area contributed by atoms with Crippen LogP contribution in [0.1, 0.15) is 31.4 Å². The smallest absolute Gasteiger partial charge is 0.223 e. The molecule has 4 rings (SSSR count). The molecule has 6 nitrogen and oxygen atoms in total. The van der Waals surface area contributed by atoms with Crippen molar-refractivity contribution >= 4 is 38.1 Å². The Morgan fingerprint density at radius 3 is 2.61 bits per heavy atom. The first-order valence-electron chi connectivity index (χ1n) is 10.6. The summed E-state index contributed by atoms with van der Waals surface area (Å²) < 4.78 is 25.5. The Labute approximate surface area is 187 Å². The number of aromatic amines is 1. The number of fused-ring (bicyclic) bond motifs is 1. The van der Waals surface area contributed by atoms with E-state index in [0.717, 1.165) is 42.1 Å². The molecule has 0 atom stereocenters. The standard InChI is InChI=1S/C23H26ClN3O3S/c24-20-4-2-19-14-22(6-3-18(19)13-20)31(29,30)12-9-23(28)27-10-7-17(8-11-27)1-5-21-15-25-16-26-21/h2-4,6,13-17H,1,5,7-12H2,(H,25,26). The number of H-pyrrole nitrogens is 1. The fourth-order valence-corrected chi connectivity index (χ4v) is 5.58. The topological polar surface area (TPSA) is 83.1 Å². The van der Waals surface area contributed by atoms with Crippen LogP contribution in [-0.2, 0) is 21.1 Å². The van der Waals surface area contributed by atoms with Crippen LogP contribution in [0, 0.1) is 5.92 Å². The first-order valence-corrected chi connectivity index (χ1v) is 12.6. The minimum atomic E-state index is -3.53. The molecular weight excluding hydrogens is 434 g/mol. The summed E-state index contributed by atoms with van der Waals surface area (Å²) in [7, 11) is -3.53. The molecule has 0 spiro atoms. The highest BCUT2D eigenvalue weighted by Gasteiger charge is 2.24. The number of nitrogens with one attached hydrogen (secondary N) is 1. The van der Waals surface area contributed by atoms with E-state index in [1.165, 1.54) is 0 Å². The summed E-state index contributed by atoms with van der Waals surface area (Å²) >= 11 is 5.99. The molecule has 1 aromatic heterocycles. The van der Waals surface area contributed by atoms with Gasteiger partial charge in [0, 0.05) is 30.7 Å². The number of hydrogen-bond donors (Lipinski definition) is 1. The SMILES string of the molecule is O=C(CCS(=O)(=O)c1ccc2cc(Cl)ccc2c1)N1CCC(CCc2c[nH]cn2)CC1. The van der Waals surface area contributed by atoms with Crippen LogP contribution in [0.15, 0.2) is 53.8 Å². The summed E-state index contributed by atoms with van der Waals surface area (Å²) in [5.41, 5.74) is 1.07. The Balaban J connectivity index is 1.28. The lowest BCUT2D eigenvalue weighted by Gasteiger charge is -2.32. The minimum absolute atomic E-state index is 0.0128. The van der Waals surface area contributed by atoms with Gasteiger partial charge in [-0.25, -0.2) is 13.4 Å². The van der Waals surface area contributed by atoms with Crippen molar-refractivity contribution in [2.75, 3.05) is 18.8 Å². The van der Waals surface area contributed by atoms with Gasteiger partial charge in [0.05, 0.1) is 22.7 Å². The number of benzene rings is 2. The Morgan fingerprint density at radius 1 is 1.13 bits per heavy atom. The van der Waals surface area contributed by atoms with Crippen LogP contribution < -0.4 is 0 Å². The number of nitrogens with zero attached hydrogens (tertiary/aromatic N) is 2. The van der Waals surface area contributed by atoms with Gasteiger partial charge in [-0.3, -0.25) is 4.79 Å². The third-order valence-corrected chi connectivity index (χ3v) is 8.00. The van der Waals surface area contributed by atoms with Gasteiger partial charge in [0.25, 0.3) is 0 Å². The molecule has 1 fully saturated rings. The van der Waals surface area contributed by atoms with Crippen LogP contribution in [0.4, 0.5) is 0 Å². The normalized spacial score (nSPS) is 15.5. The molecule has 0 bridgehead atoms. The van der Waals surface area contributed by atoms with Gasteiger partial charge in [-0.2, -0.15) is 0 Å². The molecule has 31 heavy (non-hydrogen) atoms. The van der Waals surface area contributed by atoms with E-state index >= 15 is 0 Å². The number of aryl methyl sites for hydroxylation is 1. The van der Waals surface area contributed by atoms with Gasteiger partial charge >= 0.3 is 0 Å². The molecule has 8 heteroatoms. The molecule has 164 valence electrons. The molecule has 2 aromatic carbocycles. The van der Waals surface area contributed by atoms with Crippen molar-refractivity contribution in [2.24, 2.45) is 5.92 Å². The summed E-state index contributed by atoms with van der Waals surface area (Å²) in [6, 6.07) is 10.3. The van der Waals surface area contributed by atoms with Crippen molar-refractivity contribution in [3.63, 3.8) is 0 Å². The molecule has 0 saturated carbocycles. The highest BCUT2D eigenvalue weighted by molar-refractivity contribution is 7.91. The van der Waals surface area contributed by atoms with Crippen molar-refractivity contribution in [3.05, 3.63) is 59.6 Å². The Morgan fingerprint density at radius 2 is 1.87 bits per heavy atom. The Kier molecular flexibility index (Phi) is 6.62. The van der Waals surface area contributed by atoms with Crippen LogP contribution >= 0.6 is 11.6 Å². The van der Waals surface area contributed by atoms with E-state index in [0.29, 0.717) is 24.0 Å². The van der Waals surface area contributed by atoms with E-state index in [4.69, 9.17) is 11.6 Å². The molecule has 1 N–H and O–H groups in total. The first kappa shape index (κ1) is 21.8. The van der Waals surface area contributed by atoms with Gasteiger partial charge < -0.3 is 9.88 Å². The summed E-state index contributed by atoms with van der Waals surface area (Å²) in [5.74, 6) is 0.321. The molecule has 0 unspecified atom stereocenters. The predicted molar refractivity (Wildman–Crippen MR) is 122 cm³/mol. The quantitative estimate of drug-likeness (QED) is 0.572. The number of aromatic nitrogens is 2. The zero-order valence-corrected chi connectivity index (χ0v) is 18.8. The minimum Gasteiger partial charge on any atom is -0.351 e. The van der Waals surface area contributed by atoms with Gasteiger partial charge in [-0.1, -0.05) is 23.7 Å². The van der Waals surface area contributed by atoms with E-state index in [9.17, 15) is 13.2 Å². The second-order valence-electron chi connectivity index (χ2n) is 8.15. The van der Waals surface area contributed by atoms with Crippen molar-refractivity contribution in [2.45, 2.75) is 37.0 Å². The summed E-state index contributed by atoms with van der Waals surface area (Å²) in [6.45, 7) is 1.39. The number of rotatable bonds is 7. The van der Waals surface area contributed by atoms with E-state index < -0.39 is 9.84 Å². The molecule has 3 aromatic rings. The van der Waals surface area contributed by atoms with Crippen molar-refractivity contribution in [3.8, 4) is 0 Å². The number of halogens is 1. The van der Waals surface area contributed by atoms with Crippen molar-refractivity contribution in [1.29, 1.82) is 0 Å². The zero-order valence-electron chi connectivity index (χ0n) is 17.3. The maximum atomic E-state index is 12.8. The third kappa shape index (κ3) is 5.46. The van der Waals surface area contributed by atoms with E-state index in [1.807, 2.05) is 11.1 Å². The summed E-state index contributed by atoms with van der Waals surface area (Å²) in [6.07, 6.45) is 7.54. The number of piperidine rings is 1. The lowest BCUT2D eigenvalue weighted by Crippen LogP contribution is -2.39. The Bertz CT molecular complexity index is 1150. The maximum Gasteiger partial charge on any atom is 0.223 e. The highest BCUT2D eigenvalue weighted by atomic mass is 35.5. The molecule has 1 amide bonds. The van der Waals surface area contributed by atoms with Gasteiger partial charge in [0.2, 0.25) is 5.91 Å². The van der Waals surface area contributed by atoms with Crippen LogP contribution in [0.2, 0.25) is 5.02 Å². The van der Waals surface area contributed by atoms with E-state index in [-0.39, 0.29) is 23.0 Å². The zero-order chi connectivity index (χ0) is 21.8. The number of hydrogen-bond acceptors (Lipinski definition) is 4. The molecule has 1 saturated heterocycles. The van der Waals surface area contributed by atoms with Crippen LogP contribution in [0.3, 0.4) is 0 Å². The number of sulfone groups is 1. The van der Waals surface area contributed by atoms with Crippen molar-refractivity contribution in [1.82, 2.24) is 14.9 Å². The second-order valence-corrected chi connectivity index (χ2v) is 10.7. The molecule has 0 radical (unpaired) electrons. The largest absolute Gasteiger partial charge is 0.351 e. The van der Waals surface area contributed by atoms with Crippen LogP contribution in [-0.4, -0.2) is 48.0 Å². The summed E-state index contributed by atoms with van der Waals surface area (Å²) in [4.78, 5) is 21.9. The number of likely N-dealkylation sites (tertiary alicyclic amines) is 1. The van der Waals surface area contributed by atoms with Gasteiger partial charge in [0.15, 0.2) is 9.84 Å². The fraction of sp³-hybridized carbons (Fsp3) is 0.391. The Hall–Kier alpha value is -2.38. The number of imidazole rings is 1. The fourth-order valence-electron chi connectivity index (χ4n) is 4.14. The second kappa shape index (κ2) is 9.40. The number of carbonyl (C=O) groups is 1. The van der Waals surface area contributed by atoms with Crippen molar-refractivity contribution < 1.29 is 13.2 Å². The lowest BCUT2D eigenvalue weighted by molar-refractivity contribution is -0.132. The molecule has 1 aliphatic heterocycles. The molecule has 2 heterocycles. The summed E-state index contributed by atoms with van der Waals surface area (Å²) in [5, 5.41) is 2.31. The highest BCUT2D eigenvalue weighted by Crippen LogP contribution is 2.25. The van der Waals surface area contributed by atoms with Gasteiger partial charge in [-0.05, 0) is 66.6 Å². The molecular formula is C23H26ClN3O3S. The number of carbonyl (C=O) groups excluding carboxylic acids is 1. The van der Waals surface area contributed by atoms with E-state index in [1.54, 1.807) is 42.7 Å².